The second-order valence-electron chi connectivity index (χ2n) is 8.00. The second-order valence-corrected chi connectivity index (χ2v) is 8.00. The molecule has 10 nitrogen and oxygen atoms in total. The highest BCUT2D eigenvalue weighted by atomic mass is 16.3. The van der Waals surface area contributed by atoms with Crippen molar-refractivity contribution in [3.05, 3.63) is 64.1 Å². The molecule has 0 fully saturated rings. The summed E-state index contributed by atoms with van der Waals surface area (Å²) < 4.78 is 3.26. The molecule has 4 aromatic rings. The Hall–Kier alpha value is -3.76. The van der Waals surface area contributed by atoms with Crippen LogP contribution in [0.2, 0.25) is 0 Å². The van der Waals surface area contributed by atoms with Gasteiger partial charge >= 0.3 is 0 Å². The molecule has 1 aromatic carbocycles. The first-order valence-corrected chi connectivity index (χ1v) is 11.0. The molecule has 5 rings (SSSR count). The number of hydrogen-bond acceptors (Lipinski definition) is 8. The number of aliphatic hydroxyl groups is 1. The quantitative estimate of drug-likeness (QED) is 0.332. The largest absolute Gasteiger partial charge is 0.374 e. The summed E-state index contributed by atoms with van der Waals surface area (Å²) in [6.45, 7) is 5.77. The lowest BCUT2D eigenvalue weighted by Gasteiger charge is -2.18. The normalized spacial score (nSPS) is 14.2. The van der Waals surface area contributed by atoms with Crippen molar-refractivity contribution in [3.8, 4) is 5.82 Å². The number of nitrogens with zero attached hydrogens (tertiary/aromatic N) is 5. The van der Waals surface area contributed by atoms with Crippen LogP contribution in [0.4, 0.5) is 17.5 Å². The van der Waals surface area contributed by atoms with Crippen LogP contribution in [0.25, 0.3) is 16.9 Å². The van der Waals surface area contributed by atoms with E-state index in [2.05, 4.69) is 43.0 Å². The smallest absolute Gasteiger partial charge is 0.278 e. The van der Waals surface area contributed by atoms with E-state index in [0.29, 0.717) is 35.2 Å². The Kier molecular flexibility index (Phi) is 5.53. The lowest BCUT2D eigenvalue weighted by molar-refractivity contribution is 0.224. The number of aromatic nitrogens is 5. The van der Waals surface area contributed by atoms with Crippen molar-refractivity contribution in [2.75, 3.05) is 17.2 Å². The predicted molar refractivity (Wildman–Crippen MR) is 127 cm³/mol. The fourth-order valence-corrected chi connectivity index (χ4v) is 4.13. The van der Waals surface area contributed by atoms with Crippen molar-refractivity contribution in [1.82, 2.24) is 29.6 Å². The first-order chi connectivity index (χ1) is 16.0. The molecule has 0 bridgehead atoms. The van der Waals surface area contributed by atoms with Gasteiger partial charge in [-0.1, -0.05) is 12.1 Å². The fraction of sp³-hybridized carbons (Fsp3) is 0.304. The first kappa shape index (κ1) is 21.1. The molecule has 10 heteroatoms. The van der Waals surface area contributed by atoms with Gasteiger partial charge in [0.25, 0.3) is 5.56 Å². The van der Waals surface area contributed by atoms with Gasteiger partial charge in [-0.05, 0) is 62.2 Å². The van der Waals surface area contributed by atoms with E-state index in [4.69, 9.17) is 0 Å². The minimum absolute atomic E-state index is 0.186. The Morgan fingerprint density at radius 2 is 2.09 bits per heavy atom. The maximum absolute atomic E-state index is 13.0. The first-order valence-electron chi connectivity index (χ1n) is 11.0. The van der Waals surface area contributed by atoms with Crippen molar-refractivity contribution in [3.63, 3.8) is 0 Å². The van der Waals surface area contributed by atoms with E-state index >= 15 is 0 Å². The Morgan fingerprint density at radius 3 is 2.91 bits per heavy atom. The summed E-state index contributed by atoms with van der Waals surface area (Å²) in [5.41, 5.74) is 3.77. The highest BCUT2D eigenvalue weighted by Gasteiger charge is 2.18. The van der Waals surface area contributed by atoms with Gasteiger partial charge in [0.05, 0.1) is 0 Å². The van der Waals surface area contributed by atoms with Crippen LogP contribution in [-0.4, -0.2) is 42.2 Å². The molecule has 1 atom stereocenters. The second kappa shape index (κ2) is 8.64. The van der Waals surface area contributed by atoms with Gasteiger partial charge in [0, 0.05) is 25.0 Å². The lowest BCUT2D eigenvalue weighted by Crippen LogP contribution is -2.23. The van der Waals surface area contributed by atoms with Gasteiger partial charge in [-0.25, -0.2) is 19.3 Å². The highest BCUT2D eigenvalue weighted by molar-refractivity contribution is 5.77. The maximum atomic E-state index is 13.0. The summed E-state index contributed by atoms with van der Waals surface area (Å²) in [7, 11) is 0. The lowest BCUT2D eigenvalue weighted by atomic mass is 10.0. The third-order valence-electron chi connectivity index (χ3n) is 5.63. The number of nitrogens with one attached hydrogen (secondary N) is 3. The van der Waals surface area contributed by atoms with E-state index in [1.165, 1.54) is 11.1 Å². The number of anilines is 3. The standard InChI is InChI=1S/C23H26N8O2/c1-3-30-22(33)18-13-25-23(27-17-8-7-15-9-10-24-12-16(15)11-17)29-21(18)31(30)20-6-4-5-19(28-20)26-14(2)32/h4-8,11,13-14,24,32H,3,9-10,12H2,1-2H3,(H,26,28)(H,25,27,29). The van der Waals surface area contributed by atoms with Gasteiger partial charge in [0.15, 0.2) is 11.5 Å². The van der Waals surface area contributed by atoms with E-state index in [-0.39, 0.29) is 5.56 Å². The van der Waals surface area contributed by atoms with Crippen LogP contribution in [0, 0.1) is 0 Å². The zero-order chi connectivity index (χ0) is 22.9. The van der Waals surface area contributed by atoms with Crippen LogP contribution in [0.3, 0.4) is 0 Å². The van der Waals surface area contributed by atoms with Crippen molar-refractivity contribution in [1.29, 1.82) is 0 Å². The molecule has 1 aliphatic heterocycles. The summed E-state index contributed by atoms with van der Waals surface area (Å²) in [5, 5.41) is 19.6. The van der Waals surface area contributed by atoms with Crippen LogP contribution in [0.5, 0.6) is 0 Å². The minimum atomic E-state index is -0.757. The van der Waals surface area contributed by atoms with Gasteiger partial charge in [-0.15, -0.1) is 0 Å². The topological polar surface area (TPSA) is 122 Å². The summed E-state index contributed by atoms with van der Waals surface area (Å²) in [6, 6.07) is 11.6. The Morgan fingerprint density at radius 1 is 1.21 bits per heavy atom. The van der Waals surface area contributed by atoms with Gasteiger partial charge in [0.2, 0.25) is 5.95 Å². The van der Waals surface area contributed by atoms with Crippen LogP contribution < -0.4 is 21.5 Å². The summed E-state index contributed by atoms with van der Waals surface area (Å²) in [6.07, 6.45) is 1.81. The predicted octanol–water partition coefficient (Wildman–Crippen LogP) is 2.14. The highest BCUT2D eigenvalue weighted by Crippen LogP contribution is 2.22. The average molecular weight is 447 g/mol. The molecule has 4 heterocycles. The number of hydrogen-bond donors (Lipinski definition) is 4. The molecular weight excluding hydrogens is 420 g/mol. The Labute approximate surface area is 190 Å². The summed E-state index contributed by atoms with van der Waals surface area (Å²) >= 11 is 0. The van der Waals surface area contributed by atoms with Gasteiger partial charge in [-0.3, -0.25) is 4.79 Å². The molecule has 1 unspecified atom stereocenters. The van der Waals surface area contributed by atoms with E-state index in [0.717, 1.165) is 25.2 Å². The average Bonchev–Trinajstić information content (AvgIpc) is 3.09. The number of benzene rings is 1. The summed E-state index contributed by atoms with van der Waals surface area (Å²) in [5.74, 6) is 1.40. The number of aliphatic hydroxyl groups excluding tert-OH is 1. The molecular formula is C23H26N8O2. The van der Waals surface area contributed by atoms with Crippen LogP contribution in [0.1, 0.15) is 25.0 Å². The number of fused-ring (bicyclic) bond motifs is 2. The zero-order valence-corrected chi connectivity index (χ0v) is 18.5. The van der Waals surface area contributed by atoms with Crippen molar-refractivity contribution >= 4 is 28.5 Å². The molecule has 3 aromatic heterocycles. The molecule has 0 amide bonds. The van der Waals surface area contributed by atoms with E-state index < -0.39 is 6.23 Å². The van der Waals surface area contributed by atoms with Gasteiger partial charge in [-0.2, -0.15) is 4.98 Å². The molecule has 33 heavy (non-hydrogen) atoms. The van der Waals surface area contributed by atoms with Crippen molar-refractivity contribution < 1.29 is 5.11 Å². The van der Waals surface area contributed by atoms with Gasteiger partial charge in [0.1, 0.15) is 17.4 Å². The molecule has 0 spiro atoms. The molecule has 0 radical (unpaired) electrons. The van der Waals surface area contributed by atoms with E-state index in [9.17, 15) is 9.90 Å². The third kappa shape index (κ3) is 4.06. The SMILES string of the molecule is CCn1c(=O)c2cnc(Nc3ccc4c(c3)CNCC4)nc2n1-c1cccc(NC(C)O)n1. The van der Waals surface area contributed by atoms with Crippen molar-refractivity contribution in [2.45, 2.75) is 39.6 Å². The monoisotopic (exact) mass is 446 g/mol. The van der Waals surface area contributed by atoms with E-state index in [1.807, 2.05) is 19.1 Å². The maximum Gasteiger partial charge on any atom is 0.278 e. The van der Waals surface area contributed by atoms with Crippen LogP contribution in [-0.2, 0) is 19.5 Å². The molecule has 0 saturated carbocycles. The van der Waals surface area contributed by atoms with Gasteiger partial charge < -0.3 is 21.1 Å². The third-order valence-corrected chi connectivity index (χ3v) is 5.63. The Balaban J connectivity index is 1.57. The zero-order valence-electron chi connectivity index (χ0n) is 18.5. The minimum Gasteiger partial charge on any atom is -0.374 e. The van der Waals surface area contributed by atoms with Crippen LogP contribution in [0.15, 0.2) is 47.4 Å². The van der Waals surface area contributed by atoms with E-state index in [1.54, 1.807) is 34.6 Å². The Bertz CT molecular complexity index is 1370. The summed E-state index contributed by atoms with van der Waals surface area (Å²) in [4.78, 5) is 26.6. The molecule has 170 valence electrons. The molecule has 0 aliphatic carbocycles. The fourth-order valence-electron chi connectivity index (χ4n) is 4.13. The number of pyridine rings is 1. The molecule has 0 saturated heterocycles. The molecule has 4 N–H and O–H groups in total. The van der Waals surface area contributed by atoms with Crippen molar-refractivity contribution in [2.24, 2.45) is 0 Å². The van der Waals surface area contributed by atoms with Crippen LogP contribution >= 0.6 is 0 Å². The molecule has 1 aliphatic rings. The number of rotatable bonds is 6.